The third kappa shape index (κ3) is 4.50. The van der Waals surface area contributed by atoms with Gasteiger partial charge in [0, 0.05) is 20.5 Å². The Morgan fingerprint density at radius 3 is 2.31 bits per heavy atom. The molecule has 0 aromatic heterocycles. The molecule has 0 radical (unpaired) electrons. The van der Waals surface area contributed by atoms with Gasteiger partial charge in [0.2, 0.25) is 5.91 Å². The van der Waals surface area contributed by atoms with Crippen molar-refractivity contribution in [2.24, 2.45) is 5.92 Å². The van der Waals surface area contributed by atoms with Gasteiger partial charge in [0.05, 0.1) is 0 Å². The standard InChI is InChI=1S/C9H18N2O2/c1-7(2)5-6-8(12)11(4)9(13)10-3/h7H,5-6H2,1-4H3,(H,10,13). The van der Waals surface area contributed by atoms with E-state index in [1.165, 1.54) is 14.1 Å². The lowest BCUT2D eigenvalue weighted by Crippen LogP contribution is -2.39. The molecule has 0 aliphatic carbocycles. The molecule has 0 atom stereocenters. The summed E-state index contributed by atoms with van der Waals surface area (Å²) in [5.41, 5.74) is 0. The summed E-state index contributed by atoms with van der Waals surface area (Å²) in [7, 11) is 3.00. The second-order valence-electron chi connectivity index (χ2n) is 3.44. The number of nitrogens with zero attached hydrogens (tertiary/aromatic N) is 1. The highest BCUT2D eigenvalue weighted by molar-refractivity contribution is 5.93. The van der Waals surface area contributed by atoms with Crippen LogP contribution < -0.4 is 5.32 Å². The largest absolute Gasteiger partial charge is 0.341 e. The van der Waals surface area contributed by atoms with Gasteiger partial charge in [-0.3, -0.25) is 9.69 Å². The Bertz CT molecular complexity index is 190. The van der Waals surface area contributed by atoms with Gasteiger partial charge in [-0.15, -0.1) is 0 Å². The molecule has 0 aliphatic rings. The zero-order valence-electron chi connectivity index (χ0n) is 8.76. The van der Waals surface area contributed by atoms with Gasteiger partial charge in [0.15, 0.2) is 0 Å². The van der Waals surface area contributed by atoms with Crippen LogP contribution in [0, 0.1) is 5.92 Å². The van der Waals surface area contributed by atoms with E-state index < -0.39 is 0 Å². The molecule has 0 rings (SSSR count). The minimum Gasteiger partial charge on any atom is -0.341 e. The lowest BCUT2D eigenvalue weighted by Gasteiger charge is -2.14. The predicted molar refractivity (Wildman–Crippen MR) is 51.3 cm³/mol. The molecule has 0 spiro atoms. The Labute approximate surface area is 79.3 Å². The molecule has 0 heterocycles. The first kappa shape index (κ1) is 11.9. The maximum atomic E-state index is 11.3. The quantitative estimate of drug-likeness (QED) is 0.720. The van der Waals surface area contributed by atoms with Crippen molar-refractivity contribution >= 4 is 11.9 Å². The van der Waals surface area contributed by atoms with Crippen LogP contribution in [-0.2, 0) is 4.79 Å². The molecule has 0 fully saturated rings. The molecule has 0 aliphatic heterocycles. The minimum absolute atomic E-state index is 0.131. The molecule has 0 saturated carbocycles. The van der Waals surface area contributed by atoms with Crippen LogP contribution in [0.1, 0.15) is 26.7 Å². The average Bonchev–Trinajstić information content (AvgIpc) is 2.11. The van der Waals surface area contributed by atoms with E-state index in [1.54, 1.807) is 0 Å². The van der Waals surface area contributed by atoms with E-state index in [1.807, 2.05) is 13.8 Å². The van der Waals surface area contributed by atoms with Crippen molar-refractivity contribution in [3.63, 3.8) is 0 Å². The van der Waals surface area contributed by atoms with Crippen LogP contribution in [0.25, 0.3) is 0 Å². The number of urea groups is 1. The van der Waals surface area contributed by atoms with E-state index in [2.05, 4.69) is 5.32 Å². The van der Waals surface area contributed by atoms with Crippen LogP contribution in [-0.4, -0.2) is 30.9 Å². The van der Waals surface area contributed by atoms with E-state index >= 15 is 0 Å². The number of nitrogens with one attached hydrogen (secondary N) is 1. The van der Waals surface area contributed by atoms with Crippen LogP contribution in [0.5, 0.6) is 0 Å². The Hall–Kier alpha value is -1.06. The first-order chi connectivity index (χ1) is 5.99. The highest BCUT2D eigenvalue weighted by Gasteiger charge is 2.14. The predicted octanol–water partition coefficient (Wildman–Crippen LogP) is 1.22. The molecule has 3 amide bonds. The van der Waals surface area contributed by atoms with E-state index in [4.69, 9.17) is 0 Å². The van der Waals surface area contributed by atoms with Gasteiger partial charge >= 0.3 is 6.03 Å². The Balaban J connectivity index is 3.90. The minimum atomic E-state index is -0.353. The number of amides is 3. The number of rotatable bonds is 3. The van der Waals surface area contributed by atoms with E-state index in [0.29, 0.717) is 12.3 Å². The van der Waals surface area contributed by atoms with Crippen LogP contribution in [0.3, 0.4) is 0 Å². The molecule has 4 heteroatoms. The molecule has 0 saturated heterocycles. The maximum absolute atomic E-state index is 11.3. The molecular weight excluding hydrogens is 168 g/mol. The smallest absolute Gasteiger partial charge is 0.323 e. The van der Waals surface area contributed by atoms with Crippen molar-refractivity contribution in [3.8, 4) is 0 Å². The molecule has 13 heavy (non-hydrogen) atoms. The van der Waals surface area contributed by atoms with Gasteiger partial charge in [-0.2, -0.15) is 0 Å². The summed E-state index contributed by atoms with van der Waals surface area (Å²) in [4.78, 5) is 23.4. The van der Waals surface area contributed by atoms with Gasteiger partial charge in [0.1, 0.15) is 0 Å². The SMILES string of the molecule is CNC(=O)N(C)C(=O)CCC(C)C. The zero-order chi connectivity index (χ0) is 10.4. The van der Waals surface area contributed by atoms with E-state index in [9.17, 15) is 9.59 Å². The number of carbonyl (C=O) groups is 2. The van der Waals surface area contributed by atoms with Crippen molar-refractivity contribution in [2.75, 3.05) is 14.1 Å². The topological polar surface area (TPSA) is 49.4 Å². The summed E-state index contributed by atoms with van der Waals surface area (Å²) >= 11 is 0. The van der Waals surface area contributed by atoms with Gasteiger partial charge < -0.3 is 5.32 Å². The van der Waals surface area contributed by atoms with Crippen molar-refractivity contribution in [3.05, 3.63) is 0 Å². The Morgan fingerprint density at radius 2 is 1.92 bits per heavy atom. The molecule has 4 nitrogen and oxygen atoms in total. The van der Waals surface area contributed by atoms with Crippen LogP contribution in [0.4, 0.5) is 4.79 Å². The molecule has 76 valence electrons. The first-order valence-corrected chi connectivity index (χ1v) is 4.47. The number of hydrogen-bond donors (Lipinski definition) is 1. The fraction of sp³-hybridized carbons (Fsp3) is 0.778. The monoisotopic (exact) mass is 186 g/mol. The number of carbonyl (C=O) groups excluding carboxylic acids is 2. The van der Waals surface area contributed by atoms with E-state index in [-0.39, 0.29) is 11.9 Å². The lowest BCUT2D eigenvalue weighted by molar-refractivity contribution is -0.127. The van der Waals surface area contributed by atoms with Crippen molar-refractivity contribution < 1.29 is 9.59 Å². The van der Waals surface area contributed by atoms with Crippen molar-refractivity contribution in [2.45, 2.75) is 26.7 Å². The first-order valence-electron chi connectivity index (χ1n) is 4.47. The van der Waals surface area contributed by atoms with Gasteiger partial charge in [-0.25, -0.2) is 4.79 Å². The number of imide groups is 1. The normalized spacial score (nSPS) is 9.92. The summed E-state index contributed by atoms with van der Waals surface area (Å²) in [6.07, 6.45) is 1.25. The highest BCUT2D eigenvalue weighted by Crippen LogP contribution is 2.05. The molecule has 0 bridgehead atoms. The summed E-state index contributed by atoms with van der Waals surface area (Å²) in [6.45, 7) is 4.10. The summed E-state index contributed by atoms with van der Waals surface area (Å²) < 4.78 is 0. The average molecular weight is 186 g/mol. The summed E-state index contributed by atoms with van der Waals surface area (Å²) in [5.74, 6) is 0.357. The zero-order valence-corrected chi connectivity index (χ0v) is 8.76. The number of hydrogen-bond acceptors (Lipinski definition) is 2. The molecule has 0 unspecified atom stereocenters. The second kappa shape index (κ2) is 5.56. The van der Waals surface area contributed by atoms with Gasteiger partial charge in [-0.1, -0.05) is 13.8 Å². The molecule has 0 aromatic rings. The molecular formula is C9H18N2O2. The molecule has 1 N–H and O–H groups in total. The summed E-state index contributed by atoms with van der Waals surface area (Å²) in [6, 6.07) is -0.353. The van der Waals surface area contributed by atoms with Crippen LogP contribution in [0.15, 0.2) is 0 Å². The maximum Gasteiger partial charge on any atom is 0.323 e. The van der Waals surface area contributed by atoms with Crippen molar-refractivity contribution in [1.82, 2.24) is 10.2 Å². The second-order valence-corrected chi connectivity index (χ2v) is 3.44. The van der Waals surface area contributed by atoms with Crippen LogP contribution >= 0.6 is 0 Å². The Morgan fingerprint density at radius 1 is 1.38 bits per heavy atom. The van der Waals surface area contributed by atoms with Gasteiger partial charge in [-0.05, 0) is 12.3 Å². The fourth-order valence-corrected chi connectivity index (χ4v) is 0.861. The van der Waals surface area contributed by atoms with E-state index in [0.717, 1.165) is 11.3 Å². The third-order valence-electron chi connectivity index (χ3n) is 1.83. The lowest BCUT2D eigenvalue weighted by atomic mass is 10.1. The van der Waals surface area contributed by atoms with Crippen molar-refractivity contribution in [1.29, 1.82) is 0 Å². The Kier molecular flexibility index (Phi) is 5.11. The van der Waals surface area contributed by atoms with Crippen LogP contribution in [0.2, 0.25) is 0 Å². The molecule has 0 aromatic carbocycles. The third-order valence-corrected chi connectivity index (χ3v) is 1.83. The fourth-order valence-electron chi connectivity index (χ4n) is 0.861. The highest BCUT2D eigenvalue weighted by atomic mass is 16.2. The van der Waals surface area contributed by atoms with Gasteiger partial charge in [0.25, 0.3) is 0 Å². The summed E-state index contributed by atoms with van der Waals surface area (Å²) in [5, 5.41) is 2.40.